The maximum atomic E-state index is 12.4. The summed E-state index contributed by atoms with van der Waals surface area (Å²) in [5.74, 6) is -2.49. The minimum atomic E-state index is -0.945. The van der Waals surface area contributed by atoms with Crippen LogP contribution in [0.5, 0.6) is 0 Å². The van der Waals surface area contributed by atoms with Crippen molar-refractivity contribution in [2.24, 2.45) is 18.9 Å². The largest absolute Gasteiger partial charge is 0.481 e. The number of hydrogen-bond donors (Lipinski definition) is 2. The Balaban J connectivity index is 1.67. The Morgan fingerprint density at radius 2 is 2.10 bits per heavy atom. The summed E-state index contributed by atoms with van der Waals surface area (Å²) < 4.78 is 7.29. The number of hydrogen-bond acceptors (Lipinski definition) is 4. The molecule has 3 heterocycles. The van der Waals surface area contributed by atoms with E-state index in [1.165, 1.54) is 0 Å². The first kappa shape index (κ1) is 14.1. The molecule has 0 radical (unpaired) electrons. The zero-order valence-corrected chi connectivity index (χ0v) is 12.1. The van der Waals surface area contributed by atoms with Crippen molar-refractivity contribution in [3.05, 3.63) is 17.5 Å². The number of amides is 1. The van der Waals surface area contributed by atoms with E-state index in [0.29, 0.717) is 6.54 Å². The van der Waals surface area contributed by atoms with E-state index in [4.69, 9.17) is 4.74 Å². The van der Waals surface area contributed by atoms with E-state index in [1.807, 2.05) is 20.2 Å². The molecule has 2 saturated heterocycles. The van der Waals surface area contributed by atoms with Gasteiger partial charge in [0.15, 0.2) is 0 Å². The van der Waals surface area contributed by atoms with Crippen LogP contribution in [0.15, 0.2) is 6.20 Å². The lowest BCUT2D eigenvalue weighted by molar-refractivity contribution is -0.147. The quantitative estimate of drug-likeness (QED) is 0.828. The first-order chi connectivity index (χ1) is 9.97. The van der Waals surface area contributed by atoms with Crippen LogP contribution in [0.1, 0.15) is 24.1 Å². The molecule has 2 fully saturated rings. The summed E-state index contributed by atoms with van der Waals surface area (Å²) in [4.78, 5) is 23.7. The number of aromatic nitrogens is 2. The van der Waals surface area contributed by atoms with Crippen LogP contribution >= 0.6 is 0 Å². The summed E-state index contributed by atoms with van der Waals surface area (Å²) in [6, 6.07) is 0. The van der Waals surface area contributed by atoms with Gasteiger partial charge >= 0.3 is 5.97 Å². The second kappa shape index (κ2) is 5.14. The van der Waals surface area contributed by atoms with Crippen molar-refractivity contribution in [1.82, 2.24) is 15.1 Å². The maximum Gasteiger partial charge on any atom is 0.310 e. The van der Waals surface area contributed by atoms with Gasteiger partial charge < -0.3 is 15.2 Å². The molecule has 7 nitrogen and oxygen atoms in total. The molecule has 2 bridgehead atoms. The van der Waals surface area contributed by atoms with Gasteiger partial charge in [-0.1, -0.05) is 0 Å². The van der Waals surface area contributed by atoms with Gasteiger partial charge in [0.05, 0.1) is 29.7 Å². The minimum absolute atomic E-state index is 0.238. The monoisotopic (exact) mass is 293 g/mol. The summed E-state index contributed by atoms with van der Waals surface area (Å²) in [5, 5.41) is 16.4. The van der Waals surface area contributed by atoms with Crippen molar-refractivity contribution in [1.29, 1.82) is 0 Å². The molecular formula is C14H19N3O4. The molecule has 0 aromatic carbocycles. The number of fused-ring (bicyclic) bond motifs is 2. The Labute approximate surface area is 122 Å². The van der Waals surface area contributed by atoms with E-state index < -0.39 is 17.8 Å². The van der Waals surface area contributed by atoms with E-state index in [0.717, 1.165) is 24.1 Å². The fraction of sp³-hybridized carbons (Fsp3) is 0.643. The summed E-state index contributed by atoms with van der Waals surface area (Å²) >= 11 is 0. The molecule has 2 aliphatic rings. The van der Waals surface area contributed by atoms with E-state index in [1.54, 1.807) is 4.68 Å². The lowest BCUT2D eigenvalue weighted by Crippen LogP contribution is -2.43. The Hall–Kier alpha value is -1.89. The molecule has 1 aromatic heterocycles. The number of ether oxygens (including phenoxy) is 1. The Kier molecular flexibility index (Phi) is 3.44. The van der Waals surface area contributed by atoms with Gasteiger partial charge in [-0.2, -0.15) is 5.10 Å². The second-order valence-corrected chi connectivity index (χ2v) is 5.81. The van der Waals surface area contributed by atoms with Crippen LogP contribution in [0.25, 0.3) is 0 Å². The van der Waals surface area contributed by atoms with Gasteiger partial charge in [0.2, 0.25) is 5.91 Å². The number of rotatable bonds is 4. The predicted octanol–water partition coefficient (Wildman–Crippen LogP) is 0.223. The molecule has 114 valence electrons. The molecule has 0 aliphatic carbocycles. The molecule has 2 aliphatic heterocycles. The number of aryl methyl sites for hydroxylation is 2. The van der Waals surface area contributed by atoms with Crippen molar-refractivity contribution in [3.8, 4) is 0 Å². The minimum Gasteiger partial charge on any atom is -0.481 e. The van der Waals surface area contributed by atoms with E-state index in [9.17, 15) is 14.7 Å². The molecule has 2 N–H and O–H groups in total. The predicted molar refractivity (Wildman–Crippen MR) is 72.3 cm³/mol. The zero-order chi connectivity index (χ0) is 15.1. The number of carboxylic acid groups (broad SMARTS) is 1. The van der Waals surface area contributed by atoms with Gasteiger partial charge in [0, 0.05) is 25.4 Å². The van der Waals surface area contributed by atoms with Crippen LogP contribution in [0.4, 0.5) is 0 Å². The molecule has 0 saturated carbocycles. The molecule has 3 rings (SSSR count). The van der Waals surface area contributed by atoms with Crippen molar-refractivity contribution in [3.63, 3.8) is 0 Å². The molecular weight excluding hydrogens is 274 g/mol. The topological polar surface area (TPSA) is 93.5 Å². The number of nitrogens with zero attached hydrogens (tertiary/aromatic N) is 2. The van der Waals surface area contributed by atoms with Crippen LogP contribution < -0.4 is 5.32 Å². The SMILES string of the molecule is Cc1nn(C)cc1CNC(=O)[C@@H]1[C@@H](C(=O)O)[C@@H]2CC[C@@H]1O2. The Morgan fingerprint density at radius 3 is 2.67 bits per heavy atom. The molecule has 0 unspecified atom stereocenters. The summed E-state index contributed by atoms with van der Waals surface area (Å²) in [6.07, 6.45) is 2.77. The standard InChI is InChI=1S/C14H19N3O4/c1-7-8(6-17(2)16-7)5-15-13(18)11-9-3-4-10(21-9)12(11)14(19)20/h6,9-12H,3-5H2,1-2H3,(H,15,18)(H,19,20)/t9-,10-,11-,12-/m0/s1. The molecule has 0 spiro atoms. The molecule has 1 amide bonds. The van der Waals surface area contributed by atoms with E-state index >= 15 is 0 Å². The number of aliphatic carboxylic acids is 1. The molecule has 4 atom stereocenters. The lowest BCUT2D eigenvalue weighted by atomic mass is 9.78. The van der Waals surface area contributed by atoms with Gasteiger partial charge in [-0.05, 0) is 19.8 Å². The van der Waals surface area contributed by atoms with Gasteiger partial charge in [0.1, 0.15) is 0 Å². The Morgan fingerprint density at radius 1 is 1.43 bits per heavy atom. The van der Waals surface area contributed by atoms with Crippen molar-refractivity contribution < 1.29 is 19.4 Å². The van der Waals surface area contributed by atoms with Crippen molar-refractivity contribution in [2.75, 3.05) is 0 Å². The number of carbonyl (C=O) groups is 2. The van der Waals surface area contributed by atoms with Crippen LogP contribution in [-0.2, 0) is 27.9 Å². The van der Waals surface area contributed by atoms with Crippen LogP contribution in [-0.4, -0.2) is 39.0 Å². The first-order valence-corrected chi connectivity index (χ1v) is 7.12. The molecule has 21 heavy (non-hydrogen) atoms. The van der Waals surface area contributed by atoms with Crippen LogP contribution in [0.2, 0.25) is 0 Å². The summed E-state index contributed by atoms with van der Waals surface area (Å²) in [5.41, 5.74) is 1.79. The number of nitrogens with one attached hydrogen (secondary N) is 1. The first-order valence-electron chi connectivity index (χ1n) is 7.12. The average Bonchev–Trinajstić information content (AvgIpc) is 3.09. The third-order valence-corrected chi connectivity index (χ3v) is 4.43. The third kappa shape index (κ3) is 2.42. The second-order valence-electron chi connectivity index (χ2n) is 5.81. The maximum absolute atomic E-state index is 12.4. The smallest absolute Gasteiger partial charge is 0.310 e. The highest BCUT2D eigenvalue weighted by molar-refractivity contribution is 5.86. The fourth-order valence-electron chi connectivity index (χ4n) is 3.45. The number of carboxylic acids is 1. The third-order valence-electron chi connectivity index (χ3n) is 4.43. The van der Waals surface area contributed by atoms with Crippen molar-refractivity contribution in [2.45, 2.75) is 38.5 Å². The van der Waals surface area contributed by atoms with Crippen LogP contribution in [0.3, 0.4) is 0 Å². The normalized spacial score (nSPS) is 30.6. The van der Waals surface area contributed by atoms with E-state index in [-0.39, 0.29) is 18.1 Å². The highest BCUT2D eigenvalue weighted by atomic mass is 16.5. The van der Waals surface area contributed by atoms with E-state index in [2.05, 4.69) is 10.4 Å². The van der Waals surface area contributed by atoms with Gasteiger partial charge in [-0.3, -0.25) is 14.3 Å². The Bertz CT molecular complexity index is 583. The highest BCUT2D eigenvalue weighted by Crippen LogP contribution is 2.43. The van der Waals surface area contributed by atoms with Crippen molar-refractivity contribution >= 4 is 11.9 Å². The highest BCUT2D eigenvalue weighted by Gasteiger charge is 2.55. The number of carbonyl (C=O) groups excluding carboxylic acids is 1. The fourth-order valence-corrected chi connectivity index (χ4v) is 3.45. The van der Waals surface area contributed by atoms with Gasteiger partial charge in [-0.15, -0.1) is 0 Å². The molecule has 1 aromatic rings. The van der Waals surface area contributed by atoms with Gasteiger partial charge in [-0.25, -0.2) is 0 Å². The summed E-state index contributed by atoms with van der Waals surface area (Å²) in [7, 11) is 1.82. The molecule has 7 heteroatoms. The zero-order valence-electron chi connectivity index (χ0n) is 12.1. The van der Waals surface area contributed by atoms with Crippen LogP contribution in [0, 0.1) is 18.8 Å². The van der Waals surface area contributed by atoms with Gasteiger partial charge in [0.25, 0.3) is 0 Å². The average molecular weight is 293 g/mol. The summed E-state index contributed by atoms with van der Waals surface area (Å²) in [6.45, 7) is 2.24. The lowest BCUT2D eigenvalue weighted by Gasteiger charge is -2.23.